The summed E-state index contributed by atoms with van der Waals surface area (Å²) in [6.07, 6.45) is 2.12. The van der Waals surface area contributed by atoms with Gasteiger partial charge < -0.3 is 10.2 Å². The smallest absolute Gasteiger partial charge is 0.146 e. The predicted molar refractivity (Wildman–Crippen MR) is 74.6 cm³/mol. The van der Waals surface area contributed by atoms with Crippen molar-refractivity contribution in [2.75, 3.05) is 18.0 Å². The lowest BCUT2D eigenvalue weighted by molar-refractivity contribution is 0.375. The van der Waals surface area contributed by atoms with Crippen LogP contribution in [0.15, 0.2) is 18.2 Å². The molecule has 1 saturated heterocycles. The molecule has 0 aromatic heterocycles. The summed E-state index contributed by atoms with van der Waals surface area (Å²) < 4.78 is 14.1. The van der Waals surface area contributed by atoms with Crippen LogP contribution in [0.5, 0.6) is 0 Å². The second-order valence-electron chi connectivity index (χ2n) is 5.18. The van der Waals surface area contributed by atoms with E-state index < -0.39 is 0 Å². The van der Waals surface area contributed by atoms with E-state index in [1.807, 2.05) is 19.1 Å². The van der Waals surface area contributed by atoms with Crippen LogP contribution in [0.2, 0.25) is 0 Å². The van der Waals surface area contributed by atoms with E-state index in [2.05, 4.69) is 24.1 Å². The highest BCUT2D eigenvalue weighted by Gasteiger charge is 2.27. The summed E-state index contributed by atoms with van der Waals surface area (Å²) in [6.45, 7) is 8.11. The Kier molecular flexibility index (Phi) is 4.23. The minimum absolute atomic E-state index is 0.0924. The second kappa shape index (κ2) is 5.70. The molecule has 100 valence electrons. The van der Waals surface area contributed by atoms with Crippen molar-refractivity contribution < 1.29 is 4.39 Å². The Morgan fingerprint density at radius 2 is 2.11 bits per heavy atom. The van der Waals surface area contributed by atoms with Gasteiger partial charge in [0.1, 0.15) is 5.82 Å². The lowest BCUT2D eigenvalue weighted by atomic mass is 10.0. The lowest BCUT2D eigenvalue weighted by Gasteiger charge is -2.41. The first-order valence-electron chi connectivity index (χ1n) is 6.91. The molecule has 0 aliphatic carbocycles. The summed E-state index contributed by atoms with van der Waals surface area (Å²) in [6, 6.07) is 6.41. The summed E-state index contributed by atoms with van der Waals surface area (Å²) >= 11 is 0. The topological polar surface area (TPSA) is 15.3 Å². The molecule has 0 amide bonds. The molecule has 1 aliphatic rings. The van der Waals surface area contributed by atoms with Gasteiger partial charge >= 0.3 is 0 Å². The van der Waals surface area contributed by atoms with E-state index in [1.165, 1.54) is 0 Å². The Balaban J connectivity index is 2.26. The molecular weight excluding hydrogens is 227 g/mol. The summed E-state index contributed by atoms with van der Waals surface area (Å²) in [5.41, 5.74) is 1.74. The van der Waals surface area contributed by atoms with Crippen LogP contribution in [0.4, 0.5) is 10.1 Å². The molecule has 0 saturated carbocycles. The quantitative estimate of drug-likeness (QED) is 0.886. The van der Waals surface area contributed by atoms with Crippen LogP contribution in [-0.4, -0.2) is 25.2 Å². The van der Waals surface area contributed by atoms with E-state index in [1.54, 1.807) is 6.07 Å². The molecule has 2 atom stereocenters. The van der Waals surface area contributed by atoms with Gasteiger partial charge in [0.05, 0.1) is 5.69 Å². The van der Waals surface area contributed by atoms with Gasteiger partial charge in [-0.2, -0.15) is 0 Å². The highest BCUT2D eigenvalue weighted by atomic mass is 19.1. The standard InChI is InChI=1S/C15H23FN2/c1-4-12-10-18(13(5-2)9-17-12)15-7-6-11(3)8-14(15)16/h6-8,12-13,17H,4-5,9-10H2,1-3H3. The molecule has 1 aromatic carbocycles. The number of hydrogen-bond acceptors (Lipinski definition) is 2. The van der Waals surface area contributed by atoms with Crippen molar-refractivity contribution in [3.63, 3.8) is 0 Å². The van der Waals surface area contributed by atoms with E-state index in [-0.39, 0.29) is 5.82 Å². The van der Waals surface area contributed by atoms with Crippen molar-refractivity contribution in [3.05, 3.63) is 29.6 Å². The third kappa shape index (κ3) is 2.66. The van der Waals surface area contributed by atoms with Gasteiger partial charge in [-0.15, -0.1) is 0 Å². The zero-order valence-electron chi connectivity index (χ0n) is 11.5. The maximum atomic E-state index is 14.1. The number of anilines is 1. The average molecular weight is 250 g/mol. The number of piperazine rings is 1. The number of benzene rings is 1. The van der Waals surface area contributed by atoms with E-state index in [0.29, 0.717) is 12.1 Å². The van der Waals surface area contributed by atoms with E-state index in [9.17, 15) is 4.39 Å². The second-order valence-corrected chi connectivity index (χ2v) is 5.18. The highest BCUT2D eigenvalue weighted by molar-refractivity contribution is 5.50. The summed E-state index contributed by atoms with van der Waals surface area (Å²) in [5.74, 6) is -0.0924. The normalized spacial score (nSPS) is 24.3. The van der Waals surface area contributed by atoms with Gasteiger partial charge in [-0.05, 0) is 37.5 Å². The lowest BCUT2D eigenvalue weighted by Crippen LogP contribution is -2.56. The zero-order valence-corrected chi connectivity index (χ0v) is 11.5. The number of nitrogens with zero attached hydrogens (tertiary/aromatic N) is 1. The number of aryl methyl sites for hydroxylation is 1. The monoisotopic (exact) mass is 250 g/mol. The van der Waals surface area contributed by atoms with Gasteiger partial charge in [-0.1, -0.05) is 19.9 Å². The van der Waals surface area contributed by atoms with Gasteiger partial charge in [0.15, 0.2) is 0 Å². The summed E-state index contributed by atoms with van der Waals surface area (Å²) in [7, 11) is 0. The van der Waals surface area contributed by atoms with E-state index >= 15 is 0 Å². The van der Waals surface area contributed by atoms with Crippen LogP contribution in [0.1, 0.15) is 32.3 Å². The fourth-order valence-electron chi connectivity index (χ4n) is 2.64. The fraction of sp³-hybridized carbons (Fsp3) is 0.600. The zero-order chi connectivity index (χ0) is 13.1. The summed E-state index contributed by atoms with van der Waals surface area (Å²) in [5, 5.41) is 3.54. The van der Waals surface area contributed by atoms with Crippen LogP contribution in [0, 0.1) is 12.7 Å². The van der Waals surface area contributed by atoms with Crippen LogP contribution < -0.4 is 10.2 Å². The Morgan fingerprint density at radius 3 is 2.72 bits per heavy atom. The Morgan fingerprint density at radius 1 is 1.33 bits per heavy atom. The molecule has 1 fully saturated rings. The fourth-order valence-corrected chi connectivity index (χ4v) is 2.64. The minimum Gasteiger partial charge on any atom is -0.363 e. The highest BCUT2D eigenvalue weighted by Crippen LogP contribution is 2.25. The van der Waals surface area contributed by atoms with Crippen LogP contribution in [-0.2, 0) is 0 Å². The molecule has 2 nitrogen and oxygen atoms in total. The number of nitrogens with one attached hydrogen (secondary N) is 1. The van der Waals surface area contributed by atoms with Crippen molar-refractivity contribution >= 4 is 5.69 Å². The maximum Gasteiger partial charge on any atom is 0.146 e. The number of halogens is 1. The summed E-state index contributed by atoms with van der Waals surface area (Å²) in [4.78, 5) is 2.24. The van der Waals surface area contributed by atoms with Gasteiger partial charge in [-0.25, -0.2) is 4.39 Å². The first-order valence-corrected chi connectivity index (χ1v) is 6.91. The predicted octanol–water partition coefficient (Wildman–Crippen LogP) is 3.10. The van der Waals surface area contributed by atoms with Crippen molar-refractivity contribution in [1.29, 1.82) is 0 Å². The van der Waals surface area contributed by atoms with Gasteiger partial charge in [0, 0.05) is 25.2 Å². The van der Waals surface area contributed by atoms with Crippen molar-refractivity contribution in [2.45, 2.75) is 45.7 Å². The first kappa shape index (κ1) is 13.3. The molecular formula is C15H23FN2. The SMILES string of the molecule is CCC1CN(c2ccc(C)cc2F)C(CC)CN1. The van der Waals surface area contributed by atoms with Crippen molar-refractivity contribution in [3.8, 4) is 0 Å². The van der Waals surface area contributed by atoms with E-state index in [4.69, 9.17) is 0 Å². The number of rotatable bonds is 3. The maximum absolute atomic E-state index is 14.1. The van der Waals surface area contributed by atoms with Gasteiger partial charge in [0.25, 0.3) is 0 Å². The van der Waals surface area contributed by atoms with Crippen LogP contribution in [0.3, 0.4) is 0 Å². The van der Waals surface area contributed by atoms with E-state index in [0.717, 1.165) is 37.2 Å². The minimum atomic E-state index is -0.0924. The molecule has 0 radical (unpaired) electrons. The third-order valence-corrected chi connectivity index (χ3v) is 3.88. The average Bonchev–Trinajstić information content (AvgIpc) is 2.38. The van der Waals surface area contributed by atoms with Crippen LogP contribution in [0.25, 0.3) is 0 Å². The first-order chi connectivity index (χ1) is 8.65. The van der Waals surface area contributed by atoms with Crippen LogP contribution >= 0.6 is 0 Å². The molecule has 0 spiro atoms. The Bertz CT molecular complexity index is 405. The Hall–Kier alpha value is -1.09. The largest absolute Gasteiger partial charge is 0.363 e. The number of hydrogen-bond donors (Lipinski definition) is 1. The molecule has 0 bridgehead atoms. The molecule has 2 unspecified atom stereocenters. The van der Waals surface area contributed by atoms with Crippen molar-refractivity contribution in [2.24, 2.45) is 0 Å². The Labute approximate surface area is 109 Å². The van der Waals surface area contributed by atoms with Gasteiger partial charge in [-0.3, -0.25) is 0 Å². The molecule has 1 aromatic rings. The van der Waals surface area contributed by atoms with Crippen molar-refractivity contribution in [1.82, 2.24) is 5.32 Å². The molecule has 1 aliphatic heterocycles. The third-order valence-electron chi connectivity index (χ3n) is 3.88. The molecule has 18 heavy (non-hydrogen) atoms. The molecule has 1 heterocycles. The molecule has 1 N–H and O–H groups in total. The molecule has 2 rings (SSSR count). The molecule has 3 heteroatoms. The van der Waals surface area contributed by atoms with Gasteiger partial charge in [0.2, 0.25) is 0 Å².